The van der Waals surface area contributed by atoms with Crippen molar-refractivity contribution in [2.45, 2.75) is 13.8 Å². The number of rotatable bonds is 3. The van der Waals surface area contributed by atoms with Crippen LogP contribution in [-0.4, -0.2) is 46.9 Å². The second-order valence-electron chi connectivity index (χ2n) is 6.96. The quantitative estimate of drug-likeness (QED) is 0.497. The SMILES string of the molecule is Cc1ccc(C)c2sc(N3CCN(C(=O)c4cccc([N+](=O)[O-])c4)CC3)nc12. The number of hydrogen-bond acceptors (Lipinski definition) is 6. The highest BCUT2D eigenvalue weighted by Crippen LogP contribution is 2.33. The van der Waals surface area contributed by atoms with E-state index in [1.165, 1.54) is 28.0 Å². The Balaban J connectivity index is 1.48. The molecule has 3 aromatic rings. The zero-order chi connectivity index (χ0) is 19.8. The number of nitro benzene ring substituents is 1. The minimum atomic E-state index is -0.480. The first kappa shape index (κ1) is 18.4. The van der Waals surface area contributed by atoms with Gasteiger partial charge >= 0.3 is 0 Å². The highest BCUT2D eigenvalue weighted by atomic mass is 32.1. The van der Waals surface area contributed by atoms with Crippen molar-refractivity contribution < 1.29 is 9.72 Å². The largest absolute Gasteiger partial charge is 0.345 e. The number of aromatic nitrogens is 1. The van der Waals surface area contributed by atoms with Gasteiger partial charge in [-0.15, -0.1) is 0 Å². The summed E-state index contributed by atoms with van der Waals surface area (Å²) in [7, 11) is 0. The van der Waals surface area contributed by atoms with Gasteiger partial charge in [0.2, 0.25) is 0 Å². The number of fused-ring (bicyclic) bond motifs is 1. The Hall–Kier alpha value is -3.00. The number of non-ortho nitro benzene ring substituents is 1. The van der Waals surface area contributed by atoms with E-state index in [0.717, 1.165) is 10.6 Å². The van der Waals surface area contributed by atoms with Gasteiger partial charge in [0.1, 0.15) is 0 Å². The Morgan fingerprint density at radius 3 is 2.50 bits per heavy atom. The molecule has 1 amide bonds. The van der Waals surface area contributed by atoms with Gasteiger partial charge in [0, 0.05) is 43.9 Å². The zero-order valence-corrected chi connectivity index (χ0v) is 16.5. The Morgan fingerprint density at radius 2 is 1.82 bits per heavy atom. The van der Waals surface area contributed by atoms with Gasteiger partial charge in [0.05, 0.1) is 15.1 Å². The van der Waals surface area contributed by atoms with Gasteiger partial charge in [-0.3, -0.25) is 14.9 Å². The van der Waals surface area contributed by atoms with Crippen LogP contribution in [-0.2, 0) is 0 Å². The first-order valence-corrected chi connectivity index (χ1v) is 9.91. The van der Waals surface area contributed by atoms with E-state index < -0.39 is 4.92 Å². The number of aryl methyl sites for hydroxylation is 2. The van der Waals surface area contributed by atoms with E-state index in [1.807, 2.05) is 0 Å². The highest BCUT2D eigenvalue weighted by molar-refractivity contribution is 7.22. The van der Waals surface area contributed by atoms with Gasteiger partial charge in [-0.05, 0) is 31.0 Å². The Bertz CT molecular complexity index is 1030. The molecule has 0 spiro atoms. The maximum Gasteiger partial charge on any atom is 0.270 e. The molecule has 28 heavy (non-hydrogen) atoms. The number of piperazine rings is 1. The van der Waals surface area contributed by atoms with Crippen molar-refractivity contribution in [1.82, 2.24) is 9.88 Å². The molecular formula is C20H20N4O3S. The fourth-order valence-electron chi connectivity index (χ4n) is 3.42. The van der Waals surface area contributed by atoms with Crippen molar-refractivity contribution in [2.75, 3.05) is 31.1 Å². The van der Waals surface area contributed by atoms with E-state index in [1.54, 1.807) is 28.4 Å². The Kier molecular flexibility index (Phi) is 4.72. The normalized spacial score (nSPS) is 14.5. The van der Waals surface area contributed by atoms with Crippen molar-refractivity contribution in [3.8, 4) is 0 Å². The second-order valence-corrected chi connectivity index (χ2v) is 7.94. The topological polar surface area (TPSA) is 79.6 Å². The molecule has 0 bridgehead atoms. The summed E-state index contributed by atoms with van der Waals surface area (Å²) in [5.41, 5.74) is 3.74. The van der Waals surface area contributed by atoms with Crippen LogP contribution in [0.2, 0.25) is 0 Å². The molecule has 0 unspecified atom stereocenters. The number of nitro groups is 1. The molecule has 2 aromatic carbocycles. The van der Waals surface area contributed by atoms with Crippen LogP contribution in [0.15, 0.2) is 36.4 Å². The zero-order valence-electron chi connectivity index (χ0n) is 15.7. The predicted octanol–water partition coefficient (Wildman–Crippen LogP) is 3.78. The van der Waals surface area contributed by atoms with Crippen LogP contribution in [0.25, 0.3) is 10.2 Å². The summed E-state index contributed by atoms with van der Waals surface area (Å²) in [5.74, 6) is -0.167. The van der Waals surface area contributed by atoms with Crippen molar-refractivity contribution >= 4 is 38.3 Å². The number of carbonyl (C=O) groups is 1. The van der Waals surface area contributed by atoms with Gasteiger partial charge in [-0.1, -0.05) is 29.5 Å². The lowest BCUT2D eigenvalue weighted by Crippen LogP contribution is -2.48. The number of nitrogens with zero attached hydrogens (tertiary/aromatic N) is 4. The molecule has 8 heteroatoms. The molecule has 1 saturated heterocycles. The summed E-state index contributed by atoms with van der Waals surface area (Å²) in [5, 5.41) is 11.9. The molecule has 2 heterocycles. The maximum atomic E-state index is 12.7. The minimum Gasteiger partial charge on any atom is -0.345 e. The summed E-state index contributed by atoms with van der Waals surface area (Å²) >= 11 is 1.69. The standard InChI is InChI=1S/C20H20N4O3S/c1-13-6-7-14(2)18-17(13)21-20(28-18)23-10-8-22(9-11-23)19(25)15-4-3-5-16(12-15)24(26)27/h3-7,12H,8-11H2,1-2H3. The van der Waals surface area contributed by atoms with Crippen LogP contribution in [0.1, 0.15) is 21.5 Å². The number of hydrogen-bond donors (Lipinski definition) is 0. The molecule has 0 aliphatic carbocycles. The maximum absolute atomic E-state index is 12.7. The summed E-state index contributed by atoms with van der Waals surface area (Å²) in [4.78, 5) is 32.0. The molecule has 144 valence electrons. The molecular weight excluding hydrogens is 376 g/mol. The molecule has 1 fully saturated rings. The third kappa shape index (κ3) is 3.31. The summed E-state index contributed by atoms with van der Waals surface area (Å²) in [6.07, 6.45) is 0. The van der Waals surface area contributed by atoms with Gasteiger partial charge in [-0.25, -0.2) is 4.98 Å². The molecule has 1 aromatic heterocycles. The Morgan fingerprint density at radius 1 is 1.11 bits per heavy atom. The lowest BCUT2D eigenvalue weighted by Gasteiger charge is -2.34. The fourth-order valence-corrected chi connectivity index (χ4v) is 4.58. The number of benzene rings is 2. The van der Waals surface area contributed by atoms with E-state index >= 15 is 0 Å². The Labute approximate surface area is 166 Å². The van der Waals surface area contributed by atoms with Crippen molar-refractivity contribution in [3.05, 3.63) is 63.2 Å². The van der Waals surface area contributed by atoms with Crippen molar-refractivity contribution in [3.63, 3.8) is 0 Å². The minimum absolute atomic E-state index is 0.0651. The van der Waals surface area contributed by atoms with E-state index in [2.05, 4.69) is 30.9 Å². The molecule has 4 rings (SSSR count). The average molecular weight is 396 g/mol. The van der Waals surface area contributed by atoms with E-state index in [0.29, 0.717) is 31.7 Å². The first-order chi connectivity index (χ1) is 13.4. The number of anilines is 1. The highest BCUT2D eigenvalue weighted by Gasteiger charge is 2.25. The average Bonchev–Trinajstić information content (AvgIpc) is 3.17. The van der Waals surface area contributed by atoms with Crippen LogP contribution in [0.3, 0.4) is 0 Å². The molecule has 0 radical (unpaired) electrons. The van der Waals surface area contributed by atoms with E-state index in [-0.39, 0.29) is 11.6 Å². The van der Waals surface area contributed by atoms with Gasteiger partial charge in [0.25, 0.3) is 11.6 Å². The molecule has 1 aliphatic rings. The van der Waals surface area contributed by atoms with E-state index in [9.17, 15) is 14.9 Å². The van der Waals surface area contributed by atoms with Crippen LogP contribution in [0.4, 0.5) is 10.8 Å². The lowest BCUT2D eigenvalue weighted by molar-refractivity contribution is -0.384. The monoisotopic (exact) mass is 396 g/mol. The summed E-state index contributed by atoms with van der Waals surface area (Å²) in [6.45, 7) is 6.68. The lowest BCUT2D eigenvalue weighted by atomic mass is 10.1. The van der Waals surface area contributed by atoms with Crippen LogP contribution >= 0.6 is 11.3 Å². The molecule has 0 saturated carbocycles. The second kappa shape index (κ2) is 7.20. The first-order valence-electron chi connectivity index (χ1n) is 9.09. The molecule has 1 aliphatic heterocycles. The summed E-state index contributed by atoms with van der Waals surface area (Å²) < 4.78 is 1.21. The molecule has 7 nitrogen and oxygen atoms in total. The third-order valence-corrected chi connectivity index (χ3v) is 6.32. The van der Waals surface area contributed by atoms with Crippen molar-refractivity contribution in [2.24, 2.45) is 0 Å². The van der Waals surface area contributed by atoms with Gasteiger partial charge in [0.15, 0.2) is 5.13 Å². The van der Waals surface area contributed by atoms with Crippen molar-refractivity contribution in [1.29, 1.82) is 0 Å². The predicted molar refractivity (Wildman–Crippen MR) is 110 cm³/mol. The van der Waals surface area contributed by atoms with Crippen LogP contribution in [0.5, 0.6) is 0 Å². The smallest absolute Gasteiger partial charge is 0.270 e. The van der Waals surface area contributed by atoms with E-state index in [4.69, 9.17) is 4.98 Å². The number of carbonyl (C=O) groups excluding carboxylic acids is 1. The number of amides is 1. The van der Waals surface area contributed by atoms with Crippen LogP contribution < -0.4 is 4.90 Å². The van der Waals surface area contributed by atoms with Gasteiger partial charge in [-0.2, -0.15) is 0 Å². The fraction of sp³-hybridized carbons (Fsp3) is 0.300. The third-order valence-electron chi connectivity index (χ3n) is 5.07. The molecule has 0 atom stereocenters. The van der Waals surface area contributed by atoms with Gasteiger partial charge < -0.3 is 9.80 Å². The summed E-state index contributed by atoms with van der Waals surface area (Å²) in [6, 6.07) is 10.1. The number of thiazole rings is 1. The van der Waals surface area contributed by atoms with Crippen LogP contribution in [0, 0.1) is 24.0 Å². The molecule has 0 N–H and O–H groups in total.